The molecule has 5 heteroatoms. The number of hydrogen-bond donors (Lipinski definition) is 0. The highest BCUT2D eigenvalue weighted by Gasteiger charge is 2.33. The van der Waals surface area contributed by atoms with Crippen LogP contribution in [0.5, 0.6) is 0 Å². The Hall–Kier alpha value is -5.26. The van der Waals surface area contributed by atoms with Gasteiger partial charge >= 0.3 is 0 Å². The zero-order chi connectivity index (χ0) is 31.6. The maximum atomic E-state index is 4.20. The molecule has 0 unspecified atom stereocenters. The first kappa shape index (κ1) is 27.8. The molecule has 4 heterocycles. The molecule has 7 aromatic rings. The molecule has 2 aliphatic heterocycles. The molecule has 0 saturated carbocycles. The molecule has 0 saturated heterocycles. The van der Waals surface area contributed by atoms with Crippen molar-refractivity contribution in [1.82, 2.24) is 9.55 Å². The smallest absolute Gasteiger partial charge is 0.0956 e. The lowest BCUT2D eigenvalue weighted by Crippen LogP contribution is -2.27. The molecule has 2 aromatic heterocycles. The SMILES string of the molecule is c1ccc2c(c1)SC1=C(c3ccc4c(c3)c3ccccc3n4-c3ccc(N4CN(Cc5ccncc5)c5ccccc54)cc3)CCC[C@H]12. The number of anilines is 3. The molecule has 1 aliphatic carbocycles. The quantitative estimate of drug-likeness (QED) is 0.187. The number of benzene rings is 5. The standard InChI is InChI=1S/C43H34N4S/c1-3-12-38-34(8-1)37-26-30(33-10-7-11-36-35-9-2-6-15-42(35)48-43(33)36)16-21-39(37)47(38)32-19-17-31(18-20-32)46-28-45(27-29-22-24-44-25-23-29)40-13-4-5-14-41(40)46/h1-6,8-9,12-26,36H,7,10-11,27-28H2/t36-/m0/s1. The maximum absolute atomic E-state index is 4.20. The zero-order valence-electron chi connectivity index (χ0n) is 26.6. The van der Waals surface area contributed by atoms with Gasteiger partial charge in [0, 0.05) is 56.8 Å². The fourth-order valence-corrected chi connectivity index (χ4v) is 9.65. The zero-order valence-corrected chi connectivity index (χ0v) is 27.4. The van der Waals surface area contributed by atoms with Gasteiger partial charge < -0.3 is 14.4 Å². The third-order valence-electron chi connectivity index (χ3n) is 10.4. The van der Waals surface area contributed by atoms with Crippen LogP contribution in [-0.2, 0) is 6.54 Å². The highest BCUT2D eigenvalue weighted by molar-refractivity contribution is 8.03. The van der Waals surface area contributed by atoms with Crippen molar-refractivity contribution < 1.29 is 0 Å². The van der Waals surface area contributed by atoms with Crippen LogP contribution in [0.4, 0.5) is 17.1 Å². The van der Waals surface area contributed by atoms with Gasteiger partial charge in [0.15, 0.2) is 0 Å². The molecular weight excluding hydrogens is 605 g/mol. The number of pyridine rings is 1. The molecule has 5 aromatic carbocycles. The van der Waals surface area contributed by atoms with Gasteiger partial charge in [0.1, 0.15) is 0 Å². The van der Waals surface area contributed by atoms with Crippen LogP contribution in [0.2, 0.25) is 0 Å². The maximum Gasteiger partial charge on any atom is 0.0956 e. The van der Waals surface area contributed by atoms with Crippen LogP contribution in [0.3, 0.4) is 0 Å². The van der Waals surface area contributed by atoms with E-state index in [9.17, 15) is 0 Å². The first-order valence-electron chi connectivity index (χ1n) is 16.9. The van der Waals surface area contributed by atoms with E-state index in [1.165, 1.54) is 79.0 Å². The summed E-state index contributed by atoms with van der Waals surface area (Å²) < 4.78 is 2.44. The van der Waals surface area contributed by atoms with E-state index < -0.39 is 0 Å². The predicted molar refractivity (Wildman–Crippen MR) is 200 cm³/mol. The molecule has 0 amide bonds. The molecule has 3 aliphatic rings. The first-order valence-corrected chi connectivity index (χ1v) is 17.8. The number of nitrogens with zero attached hydrogens (tertiary/aromatic N) is 4. The minimum Gasteiger partial charge on any atom is -0.347 e. The van der Waals surface area contributed by atoms with Gasteiger partial charge in [-0.1, -0.05) is 66.4 Å². The molecule has 0 spiro atoms. The highest BCUT2D eigenvalue weighted by atomic mass is 32.2. The summed E-state index contributed by atoms with van der Waals surface area (Å²) in [6, 6.07) is 47.2. The van der Waals surface area contributed by atoms with Gasteiger partial charge in [-0.25, -0.2) is 0 Å². The van der Waals surface area contributed by atoms with Crippen LogP contribution in [-0.4, -0.2) is 16.2 Å². The lowest BCUT2D eigenvalue weighted by Gasteiger charge is -2.23. The molecular formula is C43H34N4S. The molecule has 0 radical (unpaired) electrons. The van der Waals surface area contributed by atoms with Gasteiger partial charge in [-0.2, -0.15) is 0 Å². The molecule has 1 atom stereocenters. The fraction of sp³-hybridized carbons (Fsp3) is 0.140. The van der Waals surface area contributed by atoms with Crippen LogP contribution in [0.15, 0.2) is 150 Å². The van der Waals surface area contributed by atoms with Crippen LogP contribution in [0.25, 0.3) is 33.1 Å². The monoisotopic (exact) mass is 638 g/mol. The van der Waals surface area contributed by atoms with Gasteiger partial charge in [-0.3, -0.25) is 4.98 Å². The molecule has 0 N–H and O–H groups in total. The summed E-state index contributed by atoms with van der Waals surface area (Å²) in [4.78, 5) is 12.1. The van der Waals surface area contributed by atoms with Gasteiger partial charge in [-0.15, -0.1) is 0 Å². The summed E-state index contributed by atoms with van der Waals surface area (Å²) in [5.74, 6) is 0.552. The Morgan fingerprint density at radius 2 is 1.44 bits per heavy atom. The Labute approximate surface area is 285 Å². The fourth-order valence-electron chi connectivity index (χ4n) is 8.21. The van der Waals surface area contributed by atoms with Gasteiger partial charge in [0.05, 0.1) is 29.1 Å². The number of thioether (sulfide) groups is 1. The topological polar surface area (TPSA) is 24.3 Å². The van der Waals surface area contributed by atoms with Gasteiger partial charge in [-0.05, 0) is 114 Å². The van der Waals surface area contributed by atoms with Crippen LogP contribution < -0.4 is 9.80 Å². The second kappa shape index (κ2) is 11.2. The Bertz CT molecular complexity index is 2370. The van der Waals surface area contributed by atoms with Crippen molar-refractivity contribution in [2.24, 2.45) is 0 Å². The second-order valence-electron chi connectivity index (χ2n) is 13.1. The van der Waals surface area contributed by atoms with Crippen LogP contribution in [0, 0.1) is 0 Å². The Morgan fingerprint density at radius 3 is 2.33 bits per heavy atom. The Balaban J connectivity index is 1.02. The molecule has 0 fully saturated rings. The predicted octanol–water partition coefficient (Wildman–Crippen LogP) is 11.1. The van der Waals surface area contributed by atoms with Crippen molar-refractivity contribution in [3.05, 3.63) is 161 Å². The molecule has 10 rings (SSSR count). The molecule has 48 heavy (non-hydrogen) atoms. The van der Waals surface area contributed by atoms with Crippen LogP contribution >= 0.6 is 11.8 Å². The van der Waals surface area contributed by atoms with Crippen molar-refractivity contribution in [3.8, 4) is 5.69 Å². The average molecular weight is 639 g/mol. The van der Waals surface area contributed by atoms with Crippen molar-refractivity contribution in [2.75, 3.05) is 16.5 Å². The van der Waals surface area contributed by atoms with E-state index in [1.54, 1.807) is 10.5 Å². The first-order chi connectivity index (χ1) is 23.8. The summed E-state index contributed by atoms with van der Waals surface area (Å²) in [6.45, 7) is 1.66. The van der Waals surface area contributed by atoms with E-state index in [0.29, 0.717) is 5.92 Å². The number of fused-ring (bicyclic) bond motifs is 7. The summed E-state index contributed by atoms with van der Waals surface area (Å²) in [6.07, 6.45) is 7.40. The van der Waals surface area contributed by atoms with Crippen molar-refractivity contribution in [2.45, 2.75) is 36.6 Å². The minimum atomic E-state index is 0.552. The number of allylic oxidation sites excluding steroid dienone is 2. The number of aromatic nitrogens is 2. The largest absolute Gasteiger partial charge is 0.347 e. The highest BCUT2D eigenvalue weighted by Crippen LogP contribution is 2.56. The van der Waals surface area contributed by atoms with Crippen molar-refractivity contribution in [1.29, 1.82) is 0 Å². The lowest BCUT2D eigenvalue weighted by atomic mass is 9.83. The number of rotatable bonds is 5. The van der Waals surface area contributed by atoms with Gasteiger partial charge in [0.25, 0.3) is 0 Å². The Kier molecular flexibility index (Phi) is 6.48. The van der Waals surface area contributed by atoms with Gasteiger partial charge in [0.2, 0.25) is 0 Å². The number of para-hydroxylation sites is 3. The Morgan fingerprint density at radius 1 is 0.688 bits per heavy atom. The third kappa shape index (κ3) is 4.41. The van der Waals surface area contributed by atoms with E-state index >= 15 is 0 Å². The average Bonchev–Trinajstić information content (AvgIpc) is 3.82. The minimum absolute atomic E-state index is 0.552. The summed E-state index contributed by atoms with van der Waals surface area (Å²) >= 11 is 2.01. The normalized spacial score (nSPS) is 16.9. The second-order valence-corrected chi connectivity index (χ2v) is 14.2. The van der Waals surface area contributed by atoms with E-state index in [0.717, 1.165) is 19.6 Å². The molecule has 0 bridgehead atoms. The lowest BCUT2D eigenvalue weighted by molar-refractivity contribution is 0.657. The van der Waals surface area contributed by atoms with Crippen molar-refractivity contribution in [3.63, 3.8) is 0 Å². The van der Waals surface area contributed by atoms with E-state index in [-0.39, 0.29) is 0 Å². The van der Waals surface area contributed by atoms with E-state index in [4.69, 9.17) is 0 Å². The summed E-state index contributed by atoms with van der Waals surface area (Å²) in [5.41, 5.74) is 13.1. The third-order valence-corrected chi connectivity index (χ3v) is 11.8. The number of hydrogen-bond acceptors (Lipinski definition) is 4. The van der Waals surface area contributed by atoms with E-state index in [1.807, 2.05) is 24.2 Å². The molecule has 232 valence electrons. The molecule has 4 nitrogen and oxygen atoms in total. The van der Waals surface area contributed by atoms with E-state index in [2.05, 4.69) is 147 Å². The summed E-state index contributed by atoms with van der Waals surface area (Å²) in [5, 5.41) is 2.63. The summed E-state index contributed by atoms with van der Waals surface area (Å²) in [7, 11) is 0. The van der Waals surface area contributed by atoms with Crippen LogP contribution in [0.1, 0.15) is 41.9 Å². The van der Waals surface area contributed by atoms with Crippen molar-refractivity contribution >= 4 is 56.2 Å².